The SMILES string of the molecule is CCS(=O)(=O)c1c(N)nsc1N1CC(C)SC(C)C1. The van der Waals surface area contributed by atoms with Crippen LogP contribution in [0.2, 0.25) is 0 Å². The molecular weight excluding hydrogens is 302 g/mol. The highest BCUT2D eigenvalue weighted by atomic mass is 32.2. The normalized spacial score (nSPS) is 24.7. The number of aromatic nitrogens is 1. The van der Waals surface area contributed by atoms with Gasteiger partial charge < -0.3 is 10.6 Å². The molecule has 1 saturated heterocycles. The minimum Gasteiger partial charge on any atom is -0.382 e. The third kappa shape index (κ3) is 3.00. The van der Waals surface area contributed by atoms with Crippen LogP contribution in [0, 0.1) is 0 Å². The Labute approximate surface area is 122 Å². The monoisotopic (exact) mass is 321 g/mol. The van der Waals surface area contributed by atoms with Gasteiger partial charge in [0.25, 0.3) is 0 Å². The van der Waals surface area contributed by atoms with Gasteiger partial charge in [0.15, 0.2) is 15.7 Å². The summed E-state index contributed by atoms with van der Waals surface area (Å²) >= 11 is 3.12. The Hall–Kier alpha value is -0.470. The molecule has 1 aromatic rings. The van der Waals surface area contributed by atoms with E-state index in [9.17, 15) is 8.42 Å². The summed E-state index contributed by atoms with van der Waals surface area (Å²) in [7, 11) is -3.33. The smallest absolute Gasteiger partial charge is 0.184 e. The molecule has 0 bridgehead atoms. The fourth-order valence-corrected chi connectivity index (χ4v) is 5.92. The van der Waals surface area contributed by atoms with Gasteiger partial charge in [-0.15, -0.1) is 0 Å². The van der Waals surface area contributed by atoms with E-state index in [4.69, 9.17) is 5.73 Å². The van der Waals surface area contributed by atoms with Crippen LogP contribution in [0.4, 0.5) is 10.8 Å². The third-order valence-corrected chi connectivity index (χ3v) is 7.12. The third-order valence-electron chi connectivity index (χ3n) is 3.06. The molecule has 2 unspecified atom stereocenters. The summed E-state index contributed by atoms with van der Waals surface area (Å²) in [4.78, 5) is 2.34. The van der Waals surface area contributed by atoms with E-state index < -0.39 is 9.84 Å². The van der Waals surface area contributed by atoms with Gasteiger partial charge in [-0.2, -0.15) is 16.1 Å². The van der Waals surface area contributed by atoms with Crippen molar-refractivity contribution in [3.05, 3.63) is 0 Å². The number of nitrogens with two attached hydrogens (primary N) is 1. The van der Waals surface area contributed by atoms with Crippen molar-refractivity contribution in [3.8, 4) is 0 Å². The standard InChI is InChI=1S/C11H19N3O2S3/c1-4-19(15,16)9-10(12)13-18-11(9)14-5-7(2)17-8(3)6-14/h7-8H,4-6H2,1-3H3,(H2,12,13). The lowest BCUT2D eigenvalue weighted by molar-refractivity contribution is 0.597. The van der Waals surface area contributed by atoms with Crippen LogP contribution in [0.1, 0.15) is 20.8 Å². The molecule has 5 nitrogen and oxygen atoms in total. The van der Waals surface area contributed by atoms with Crippen LogP contribution in [-0.4, -0.2) is 42.1 Å². The highest BCUT2D eigenvalue weighted by molar-refractivity contribution is 8.00. The molecule has 0 aromatic carbocycles. The summed E-state index contributed by atoms with van der Waals surface area (Å²) in [6.45, 7) is 7.62. The number of anilines is 2. The van der Waals surface area contributed by atoms with Crippen LogP contribution in [0.5, 0.6) is 0 Å². The number of sulfone groups is 1. The maximum Gasteiger partial charge on any atom is 0.184 e. The maximum atomic E-state index is 12.2. The molecule has 0 spiro atoms. The second-order valence-corrected chi connectivity index (χ2v) is 9.62. The molecular formula is C11H19N3O2S3. The summed E-state index contributed by atoms with van der Waals surface area (Å²) in [6, 6.07) is 0. The van der Waals surface area contributed by atoms with Gasteiger partial charge in [0.05, 0.1) is 5.75 Å². The fraction of sp³-hybridized carbons (Fsp3) is 0.727. The summed E-state index contributed by atoms with van der Waals surface area (Å²) < 4.78 is 28.4. The Morgan fingerprint density at radius 1 is 1.37 bits per heavy atom. The van der Waals surface area contributed by atoms with Gasteiger partial charge in [0, 0.05) is 23.6 Å². The summed E-state index contributed by atoms with van der Waals surface area (Å²) in [5.74, 6) is 0.191. The fourth-order valence-electron chi connectivity index (χ4n) is 2.27. The van der Waals surface area contributed by atoms with E-state index in [2.05, 4.69) is 23.1 Å². The van der Waals surface area contributed by atoms with Gasteiger partial charge in [-0.05, 0) is 11.5 Å². The van der Waals surface area contributed by atoms with E-state index in [-0.39, 0.29) is 16.5 Å². The largest absolute Gasteiger partial charge is 0.382 e. The quantitative estimate of drug-likeness (QED) is 0.915. The summed E-state index contributed by atoms with van der Waals surface area (Å²) in [6.07, 6.45) is 0. The van der Waals surface area contributed by atoms with E-state index in [1.54, 1.807) is 6.92 Å². The van der Waals surface area contributed by atoms with E-state index >= 15 is 0 Å². The Morgan fingerprint density at radius 3 is 2.47 bits per heavy atom. The van der Waals surface area contributed by atoms with Gasteiger partial charge in [0.1, 0.15) is 9.90 Å². The molecule has 2 N–H and O–H groups in total. The maximum absolute atomic E-state index is 12.2. The predicted octanol–water partition coefficient (Wildman–Crippen LogP) is 1.85. The highest BCUT2D eigenvalue weighted by Crippen LogP contribution is 2.38. The van der Waals surface area contributed by atoms with E-state index in [0.29, 0.717) is 15.5 Å². The van der Waals surface area contributed by atoms with Crippen molar-refractivity contribution in [1.29, 1.82) is 0 Å². The molecule has 1 aromatic heterocycles. The first-order valence-electron chi connectivity index (χ1n) is 6.23. The van der Waals surface area contributed by atoms with Crippen LogP contribution >= 0.6 is 23.3 Å². The lowest BCUT2D eigenvalue weighted by atomic mass is 10.3. The molecule has 2 rings (SSSR count). The van der Waals surface area contributed by atoms with Gasteiger partial charge in [-0.1, -0.05) is 20.8 Å². The molecule has 1 fully saturated rings. The molecule has 2 heterocycles. The van der Waals surface area contributed by atoms with Crippen molar-refractivity contribution >= 4 is 44.0 Å². The molecule has 0 saturated carbocycles. The van der Waals surface area contributed by atoms with Crippen LogP contribution in [-0.2, 0) is 9.84 Å². The van der Waals surface area contributed by atoms with Crippen molar-refractivity contribution in [2.45, 2.75) is 36.2 Å². The van der Waals surface area contributed by atoms with Crippen LogP contribution in [0.15, 0.2) is 4.90 Å². The molecule has 8 heteroatoms. The summed E-state index contributed by atoms with van der Waals surface area (Å²) in [5.41, 5.74) is 5.77. The first kappa shape index (κ1) is 14.9. The van der Waals surface area contributed by atoms with Crippen molar-refractivity contribution < 1.29 is 8.42 Å². The second kappa shape index (κ2) is 5.49. The molecule has 1 aliphatic heterocycles. The average molecular weight is 321 g/mol. The van der Waals surface area contributed by atoms with Crippen molar-refractivity contribution in [2.24, 2.45) is 0 Å². The van der Waals surface area contributed by atoms with Crippen molar-refractivity contribution in [3.63, 3.8) is 0 Å². The zero-order valence-corrected chi connectivity index (χ0v) is 13.7. The van der Waals surface area contributed by atoms with Crippen LogP contribution in [0.25, 0.3) is 0 Å². The van der Waals surface area contributed by atoms with E-state index in [1.807, 2.05) is 11.8 Å². The molecule has 0 radical (unpaired) electrons. The van der Waals surface area contributed by atoms with Crippen LogP contribution < -0.4 is 10.6 Å². The highest BCUT2D eigenvalue weighted by Gasteiger charge is 2.31. The zero-order chi connectivity index (χ0) is 14.2. The molecule has 1 aliphatic rings. The molecule has 19 heavy (non-hydrogen) atoms. The minimum atomic E-state index is -3.33. The van der Waals surface area contributed by atoms with E-state index in [0.717, 1.165) is 13.1 Å². The Morgan fingerprint density at radius 2 is 1.95 bits per heavy atom. The molecule has 2 atom stereocenters. The van der Waals surface area contributed by atoms with Gasteiger partial charge in [-0.3, -0.25) is 0 Å². The van der Waals surface area contributed by atoms with Crippen LogP contribution in [0.3, 0.4) is 0 Å². The van der Waals surface area contributed by atoms with Crippen molar-refractivity contribution in [2.75, 3.05) is 29.5 Å². The van der Waals surface area contributed by atoms with Gasteiger partial charge in [-0.25, -0.2) is 8.42 Å². The number of nitrogen functional groups attached to an aromatic ring is 1. The topological polar surface area (TPSA) is 76.3 Å². The molecule has 108 valence electrons. The Bertz CT molecular complexity index is 546. The molecule has 0 aliphatic carbocycles. The van der Waals surface area contributed by atoms with E-state index in [1.165, 1.54) is 11.5 Å². The average Bonchev–Trinajstić information content (AvgIpc) is 2.70. The number of thioether (sulfide) groups is 1. The minimum absolute atomic E-state index is 0.0519. The number of hydrogen-bond acceptors (Lipinski definition) is 7. The predicted molar refractivity (Wildman–Crippen MR) is 83.0 cm³/mol. The second-order valence-electron chi connectivity index (χ2n) is 4.77. The first-order chi connectivity index (χ1) is 8.85. The Kier molecular flexibility index (Phi) is 4.32. The number of nitrogens with zero attached hydrogens (tertiary/aromatic N) is 2. The van der Waals surface area contributed by atoms with Crippen molar-refractivity contribution in [1.82, 2.24) is 4.37 Å². The Balaban J connectivity index is 2.41. The zero-order valence-electron chi connectivity index (χ0n) is 11.3. The lowest BCUT2D eigenvalue weighted by Crippen LogP contribution is -2.40. The number of hydrogen-bond donors (Lipinski definition) is 1. The molecule has 0 amide bonds. The van der Waals surface area contributed by atoms with Gasteiger partial charge >= 0.3 is 0 Å². The lowest BCUT2D eigenvalue weighted by Gasteiger charge is -2.35. The summed E-state index contributed by atoms with van der Waals surface area (Å²) in [5, 5.41) is 1.66. The van der Waals surface area contributed by atoms with Gasteiger partial charge in [0.2, 0.25) is 0 Å². The first-order valence-corrected chi connectivity index (χ1v) is 9.60. The number of rotatable bonds is 3.